The van der Waals surface area contributed by atoms with Crippen molar-refractivity contribution in [3.63, 3.8) is 0 Å². The SMILES string of the molecule is COc1ccc(CN(C(N)=O)c2ccc(C#N)cc2O)cc1. The van der Waals surface area contributed by atoms with E-state index in [1.807, 2.05) is 6.07 Å². The first-order valence-corrected chi connectivity index (χ1v) is 6.48. The summed E-state index contributed by atoms with van der Waals surface area (Å²) in [6.45, 7) is 0.193. The molecule has 0 bridgehead atoms. The molecule has 0 unspecified atom stereocenters. The zero-order valence-corrected chi connectivity index (χ0v) is 12.0. The van der Waals surface area contributed by atoms with Crippen molar-refractivity contribution >= 4 is 11.7 Å². The Balaban J connectivity index is 2.30. The molecule has 0 aliphatic rings. The zero-order chi connectivity index (χ0) is 16.1. The summed E-state index contributed by atoms with van der Waals surface area (Å²) in [7, 11) is 1.57. The van der Waals surface area contributed by atoms with Gasteiger partial charge in [-0.1, -0.05) is 12.1 Å². The summed E-state index contributed by atoms with van der Waals surface area (Å²) in [6.07, 6.45) is 0. The molecule has 0 radical (unpaired) electrons. The van der Waals surface area contributed by atoms with E-state index in [4.69, 9.17) is 15.7 Å². The second-order valence-electron chi connectivity index (χ2n) is 4.59. The highest BCUT2D eigenvalue weighted by Gasteiger charge is 2.17. The van der Waals surface area contributed by atoms with E-state index >= 15 is 0 Å². The molecule has 0 atom stereocenters. The van der Waals surface area contributed by atoms with Crippen LogP contribution in [0.5, 0.6) is 11.5 Å². The molecule has 0 aromatic heterocycles. The minimum atomic E-state index is -0.698. The van der Waals surface area contributed by atoms with Gasteiger partial charge in [-0.05, 0) is 35.9 Å². The Hall–Kier alpha value is -3.20. The zero-order valence-electron chi connectivity index (χ0n) is 12.0. The number of nitriles is 1. The van der Waals surface area contributed by atoms with Crippen LogP contribution in [0.3, 0.4) is 0 Å². The number of phenolic OH excluding ortho intramolecular Hbond substituents is 1. The summed E-state index contributed by atoms with van der Waals surface area (Å²) in [5, 5.41) is 18.8. The van der Waals surface area contributed by atoms with Crippen molar-refractivity contribution in [2.75, 3.05) is 12.0 Å². The minimum absolute atomic E-state index is 0.175. The van der Waals surface area contributed by atoms with Crippen molar-refractivity contribution in [3.8, 4) is 17.6 Å². The van der Waals surface area contributed by atoms with Crippen molar-refractivity contribution < 1.29 is 14.6 Å². The number of nitrogens with two attached hydrogens (primary N) is 1. The smallest absolute Gasteiger partial charge is 0.319 e. The number of anilines is 1. The Morgan fingerprint density at radius 3 is 2.50 bits per heavy atom. The molecule has 2 amide bonds. The highest BCUT2D eigenvalue weighted by molar-refractivity contribution is 5.92. The van der Waals surface area contributed by atoms with E-state index in [1.165, 1.54) is 23.1 Å². The fourth-order valence-electron chi connectivity index (χ4n) is 2.02. The van der Waals surface area contributed by atoms with Gasteiger partial charge in [-0.25, -0.2) is 4.79 Å². The van der Waals surface area contributed by atoms with E-state index in [0.717, 1.165) is 5.56 Å². The molecule has 0 saturated heterocycles. The van der Waals surface area contributed by atoms with Crippen molar-refractivity contribution in [1.29, 1.82) is 5.26 Å². The van der Waals surface area contributed by atoms with Crippen LogP contribution in [0.1, 0.15) is 11.1 Å². The number of rotatable bonds is 4. The van der Waals surface area contributed by atoms with Crippen LogP contribution in [0.15, 0.2) is 42.5 Å². The van der Waals surface area contributed by atoms with Crippen LogP contribution in [0, 0.1) is 11.3 Å². The first-order valence-electron chi connectivity index (χ1n) is 6.48. The lowest BCUT2D eigenvalue weighted by Gasteiger charge is -2.21. The first kappa shape index (κ1) is 15.2. The number of amides is 2. The van der Waals surface area contributed by atoms with E-state index in [0.29, 0.717) is 11.3 Å². The fourth-order valence-corrected chi connectivity index (χ4v) is 2.02. The number of methoxy groups -OCH3 is 1. The summed E-state index contributed by atoms with van der Waals surface area (Å²) in [5.41, 5.74) is 6.77. The maximum absolute atomic E-state index is 11.7. The largest absolute Gasteiger partial charge is 0.506 e. The van der Waals surface area contributed by atoms with Crippen LogP contribution >= 0.6 is 0 Å². The van der Waals surface area contributed by atoms with E-state index in [1.54, 1.807) is 31.4 Å². The highest BCUT2D eigenvalue weighted by atomic mass is 16.5. The molecule has 0 aliphatic heterocycles. The van der Waals surface area contributed by atoms with E-state index in [2.05, 4.69) is 0 Å². The van der Waals surface area contributed by atoms with Crippen LogP contribution in [0.4, 0.5) is 10.5 Å². The standard InChI is InChI=1S/C16H15N3O3/c1-22-13-5-2-11(3-6-13)10-19(16(18)21)14-7-4-12(9-17)8-15(14)20/h2-8,20H,10H2,1H3,(H2,18,21). The summed E-state index contributed by atoms with van der Waals surface area (Å²) < 4.78 is 5.08. The molecule has 3 N–H and O–H groups in total. The lowest BCUT2D eigenvalue weighted by atomic mass is 10.1. The van der Waals surface area contributed by atoms with Crippen LogP contribution in [-0.2, 0) is 6.54 Å². The lowest BCUT2D eigenvalue weighted by Crippen LogP contribution is -2.35. The summed E-state index contributed by atoms with van der Waals surface area (Å²) in [5.74, 6) is 0.530. The van der Waals surface area contributed by atoms with Gasteiger partial charge in [-0.2, -0.15) is 5.26 Å². The molecular weight excluding hydrogens is 282 g/mol. The number of carbonyl (C=O) groups excluding carboxylic acids is 1. The predicted molar refractivity (Wildman–Crippen MR) is 81.6 cm³/mol. The Bertz CT molecular complexity index is 720. The Kier molecular flexibility index (Phi) is 4.49. The maximum Gasteiger partial charge on any atom is 0.319 e. The molecule has 22 heavy (non-hydrogen) atoms. The average molecular weight is 297 g/mol. The molecule has 0 spiro atoms. The Morgan fingerprint density at radius 2 is 2.00 bits per heavy atom. The van der Waals surface area contributed by atoms with Gasteiger partial charge in [0.1, 0.15) is 11.5 Å². The van der Waals surface area contributed by atoms with Crippen molar-refractivity contribution in [1.82, 2.24) is 0 Å². The normalized spacial score (nSPS) is 9.82. The van der Waals surface area contributed by atoms with Gasteiger partial charge < -0.3 is 15.6 Å². The fraction of sp³-hybridized carbons (Fsp3) is 0.125. The van der Waals surface area contributed by atoms with Crippen molar-refractivity contribution in [3.05, 3.63) is 53.6 Å². The number of carbonyl (C=O) groups is 1. The first-order chi connectivity index (χ1) is 10.5. The number of primary amides is 1. The Labute approximate surface area is 128 Å². The summed E-state index contributed by atoms with van der Waals surface area (Å²) in [4.78, 5) is 12.9. The number of nitrogens with zero attached hydrogens (tertiary/aromatic N) is 2. The number of hydrogen-bond acceptors (Lipinski definition) is 4. The van der Waals surface area contributed by atoms with E-state index in [9.17, 15) is 9.90 Å². The second-order valence-corrected chi connectivity index (χ2v) is 4.59. The van der Waals surface area contributed by atoms with E-state index in [-0.39, 0.29) is 18.0 Å². The molecule has 0 aliphatic carbocycles. The molecule has 112 valence electrons. The van der Waals surface area contributed by atoms with Gasteiger partial charge in [0.2, 0.25) is 0 Å². The third-order valence-electron chi connectivity index (χ3n) is 3.16. The topological polar surface area (TPSA) is 99.6 Å². The lowest BCUT2D eigenvalue weighted by molar-refractivity contribution is 0.253. The monoisotopic (exact) mass is 297 g/mol. The predicted octanol–water partition coefficient (Wildman–Crippen LogP) is 2.36. The quantitative estimate of drug-likeness (QED) is 0.904. The molecular formula is C16H15N3O3. The molecule has 2 rings (SSSR count). The molecule has 2 aromatic rings. The highest BCUT2D eigenvalue weighted by Crippen LogP contribution is 2.29. The van der Waals surface area contributed by atoms with E-state index < -0.39 is 6.03 Å². The van der Waals surface area contributed by atoms with Crippen LogP contribution in [0.25, 0.3) is 0 Å². The van der Waals surface area contributed by atoms with Crippen LogP contribution < -0.4 is 15.4 Å². The molecule has 6 heteroatoms. The van der Waals surface area contributed by atoms with Gasteiger partial charge in [0, 0.05) is 0 Å². The van der Waals surface area contributed by atoms with Gasteiger partial charge in [0.25, 0.3) is 0 Å². The molecule has 0 saturated carbocycles. The molecule has 0 heterocycles. The molecule has 2 aromatic carbocycles. The number of hydrogen-bond donors (Lipinski definition) is 2. The van der Waals surface area contributed by atoms with Gasteiger partial charge in [0.15, 0.2) is 0 Å². The van der Waals surface area contributed by atoms with Gasteiger partial charge in [-0.3, -0.25) is 4.90 Å². The molecule has 6 nitrogen and oxygen atoms in total. The third-order valence-corrected chi connectivity index (χ3v) is 3.16. The minimum Gasteiger partial charge on any atom is -0.506 e. The van der Waals surface area contributed by atoms with Gasteiger partial charge >= 0.3 is 6.03 Å². The molecule has 0 fully saturated rings. The van der Waals surface area contributed by atoms with Crippen LogP contribution in [0.2, 0.25) is 0 Å². The van der Waals surface area contributed by atoms with Crippen LogP contribution in [-0.4, -0.2) is 18.2 Å². The summed E-state index contributed by atoms with van der Waals surface area (Å²) >= 11 is 0. The second kappa shape index (κ2) is 6.50. The van der Waals surface area contributed by atoms with Gasteiger partial charge in [0.05, 0.1) is 31.0 Å². The number of ether oxygens (including phenoxy) is 1. The average Bonchev–Trinajstić information content (AvgIpc) is 2.53. The summed E-state index contributed by atoms with van der Waals surface area (Å²) in [6, 6.07) is 12.7. The van der Waals surface area contributed by atoms with Crippen molar-refractivity contribution in [2.24, 2.45) is 5.73 Å². The number of phenols is 1. The number of benzene rings is 2. The maximum atomic E-state index is 11.7. The van der Waals surface area contributed by atoms with Gasteiger partial charge in [-0.15, -0.1) is 0 Å². The number of urea groups is 1. The number of aromatic hydroxyl groups is 1. The van der Waals surface area contributed by atoms with Crippen molar-refractivity contribution in [2.45, 2.75) is 6.54 Å². The Morgan fingerprint density at radius 1 is 1.32 bits per heavy atom. The third kappa shape index (κ3) is 3.27.